The van der Waals surface area contributed by atoms with E-state index in [1.165, 1.54) is 16.0 Å². The van der Waals surface area contributed by atoms with Crippen molar-refractivity contribution in [1.82, 2.24) is 5.01 Å². The molecule has 1 aliphatic carbocycles. The highest BCUT2D eigenvalue weighted by atomic mass is 16.5. The number of likely N-dealkylation sites (N-methyl/N-ethyl adjacent to an activating group) is 1. The van der Waals surface area contributed by atoms with Gasteiger partial charge >= 0.3 is 0 Å². The molecule has 31 heavy (non-hydrogen) atoms. The number of fused-ring (bicyclic) bond motifs is 3. The summed E-state index contributed by atoms with van der Waals surface area (Å²) in [5.41, 5.74) is 4.76. The highest BCUT2D eigenvalue weighted by Gasteiger charge is 2.44. The van der Waals surface area contributed by atoms with Crippen LogP contribution in [-0.4, -0.2) is 63.5 Å². The summed E-state index contributed by atoms with van der Waals surface area (Å²) in [7, 11) is 3.91. The summed E-state index contributed by atoms with van der Waals surface area (Å²) in [5.74, 6) is 1.20. The van der Waals surface area contributed by atoms with Crippen LogP contribution in [0.15, 0.2) is 53.6 Å². The predicted molar refractivity (Wildman–Crippen MR) is 120 cm³/mol. The first-order valence-electron chi connectivity index (χ1n) is 11.4. The predicted octanol–water partition coefficient (Wildman–Crippen LogP) is -0.0416. The molecule has 6 nitrogen and oxygen atoms in total. The Morgan fingerprint density at radius 2 is 1.84 bits per heavy atom. The van der Waals surface area contributed by atoms with Crippen LogP contribution in [-0.2, 0) is 11.2 Å². The molecule has 1 saturated heterocycles. The first-order valence-corrected chi connectivity index (χ1v) is 11.4. The third kappa shape index (κ3) is 3.86. The molecule has 1 fully saturated rings. The molecule has 1 amide bonds. The van der Waals surface area contributed by atoms with Gasteiger partial charge in [0.15, 0.2) is 6.54 Å². The number of piperazine rings is 1. The fraction of sp³-hybridized carbons (Fsp3) is 0.440. The van der Waals surface area contributed by atoms with Gasteiger partial charge in [-0.3, -0.25) is 4.79 Å². The van der Waals surface area contributed by atoms with Crippen LogP contribution in [0.25, 0.3) is 0 Å². The zero-order valence-electron chi connectivity index (χ0n) is 18.4. The van der Waals surface area contributed by atoms with Crippen molar-refractivity contribution >= 4 is 11.6 Å². The molecule has 3 aliphatic rings. The maximum Gasteiger partial charge on any atom is 0.298 e. The smallest absolute Gasteiger partial charge is 0.298 e. The van der Waals surface area contributed by atoms with E-state index in [0.29, 0.717) is 6.54 Å². The summed E-state index contributed by atoms with van der Waals surface area (Å²) < 4.78 is 5.35. The van der Waals surface area contributed by atoms with E-state index in [2.05, 4.69) is 43.4 Å². The topological polar surface area (TPSA) is 50.8 Å². The molecule has 2 aliphatic heterocycles. The number of carbonyl (C=O) groups is 1. The zero-order valence-corrected chi connectivity index (χ0v) is 18.4. The summed E-state index contributed by atoms with van der Waals surface area (Å²) in [6.45, 7) is 4.85. The molecular weight excluding hydrogens is 388 g/mol. The van der Waals surface area contributed by atoms with Gasteiger partial charge in [-0.2, -0.15) is 5.10 Å². The van der Waals surface area contributed by atoms with Crippen LogP contribution in [0.4, 0.5) is 0 Å². The third-order valence-electron chi connectivity index (χ3n) is 7.15. The number of rotatable bonds is 4. The molecule has 0 aromatic heterocycles. The van der Waals surface area contributed by atoms with Crippen molar-refractivity contribution in [1.29, 1.82) is 0 Å². The third-order valence-corrected chi connectivity index (χ3v) is 7.15. The molecule has 2 aromatic carbocycles. The molecule has 0 saturated carbocycles. The Balaban J connectivity index is 1.46. The normalized spacial score (nSPS) is 27.3. The first kappa shape index (κ1) is 20.2. The van der Waals surface area contributed by atoms with Crippen LogP contribution in [0.3, 0.4) is 0 Å². The molecule has 0 bridgehead atoms. The maximum absolute atomic E-state index is 13.5. The van der Waals surface area contributed by atoms with Crippen LogP contribution in [0, 0.1) is 5.92 Å². The molecule has 0 spiro atoms. The van der Waals surface area contributed by atoms with E-state index >= 15 is 0 Å². The molecule has 2 N–H and O–H groups in total. The number of hydrazone groups is 1. The van der Waals surface area contributed by atoms with Gasteiger partial charge in [0, 0.05) is 11.5 Å². The summed E-state index contributed by atoms with van der Waals surface area (Å²) in [5, 5.41) is 6.79. The minimum atomic E-state index is -0.0424. The van der Waals surface area contributed by atoms with Gasteiger partial charge in [-0.1, -0.05) is 36.4 Å². The summed E-state index contributed by atoms with van der Waals surface area (Å²) in [4.78, 5) is 16.5. The Labute approximate surface area is 184 Å². The number of aryl methyl sites for hydroxylation is 1. The van der Waals surface area contributed by atoms with E-state index in [-0.39, 0.29) is 17.9 Å². The number of benzene rings is 2. The van der Waals surface area contributed by atoms with Gasteiger partial charge in [0.2, 0.25) is 0 Å². The van der Waals surface area contributed by atoms with Crippen molar-refractivity contribution in [3.63, 3.8) is 0 Å². The Morgan fingerprint density at radius 1 is 1.10 bits per heavy atom. The molecular formula is C25H32N4O2+2. The van der Waals surface area contributed by atoms with Gasteiger partial charge in [-0.15, -0.1) is 0 Å². The number of quaternary nitrogens is 2. The second-order valence-corrected chi connectivity index (χ2v) is 9.13. The van der Waals surface area contributed by atoms with E-state index in [4.69, 9.17) is 9.84 Å². The minimum Gasteiger partial charge on any atom is -0.497 e. The second-order valence-electron chi connectivity index (χ2n) is 9.13. The molecule has 2 atom stereocenters. The van der Waals surface area contributed by atoms with Crippen molar-refractivity contribution in [2.75, 3.05) is 46.9 Å². The number of ether oxygens (including phenoxy) is 1. The monoisotopic (exact) mass is 420 g/mol. The zero-order chi connectivity index (χ0) is 21.4. The lowest BCUT2D eigenvalue weighted by molar-refractivity contribution is -1.000. The summed E-state index contributed by atoms with van der Waals surface area (Å²) in [6, 6.07) is 16.6. The van der Waals surface area contributed by atoms with Gasteiger partial charge in [-0.05, 0) is 36.1 Å². The van der Waals surface area contributed by atoms with E-state index in [1.54, 1.807) is 12.0 Å². The van der Waals surface area contributed by atoms with Crippen molar-refractivity contribution in [2.24, 2.45) is 11.0 Å². The Morgan fingerprint density at radius 3 is 2.58 bits per heavy atom. The van der Waals surface area contributed by atoms with Crippen molar-refractivity contribution in [3.05, 3.63) is 65.2 Å². The SMILES string of the molecule is COc1ccc([C@H]2[C@@H]3CCc4ccccc4C3=NN2C(=O)C[NH+]2CC[NH+](C)CC2)cc1. The molecule has 2 aromatic rings. The van der Waals surface area contributed by atoms with E-state index < -0.39 is 0 Å². The Kier molecular flexibility index (Phi) is 5.50. The highest BCUT2D eigenvalue weighted by molar-refractivity contribution is 6.06. The van der Waals surface area contributed by atoms with Crippen molar-refractivity contribution < 1.29 is 19.3 Å². The van der Waals surface area contributed by atoms with Gasteiger partial charge < -0.3 is 14.5 Å². The fourth-order valence-corrected chi connectivity index (χ4v) is 5.31. The molecule has 0 radical (unpaired) electrons. The van der Waals surface area contributed by atoms with Crippen LogP contribution < -0.4 is 14.5 Å². The second kappa shape index (κ2) is 8.44. The maximum atomic E-state index is 13.5. The Bertz CT molecular complexity index is 979. The number of nitrogens with zero attached hydrogens (tertiary/aromatic N) is 2. The lowest BCUT2D eigenvalue weighted by Gasteiger charge is -2.31. The quantitative estimate of drug-likeness (QED) is 0.729. The lowest BCUT2D eigenvalue weighted by atomic mass is 9.77. The summed E-state index contributed by atoms with van der Waals surface area (Å²) in [6.07, 6.45) is 2.04. The van der Waals surface area contributed by atoms with Crippen molar-refractivity contribution in [3.8, 4) is 5.75 Å². The lowest BCUT2D eigenvalue weighted by Crippen LogP contribution is -3.27. The molecule has 2 heterocycles. The van der Waals surface area contributed by atoms with E-state index in [9.17, 15) is 4.79 Å². The average Bonchev–Trinajstić information content (AvgIpc) is 3.21. The van der Waals surface area contributed by atoms with E-state index in [0.717, 1.165) is 56.0 Å². The van der Waals surface area contributed by atoms with Crippen molar-refractivity contribution in [2.45, 2.75) is 18.9 Å². The first-order chi connectivity index (χ1) is 15.1. The average molecular weight is 421 g/mol. The number of amides is 1. The minimum absolute atomic E-state index is 0.0424. The molecule has 0 unspecified atom stereocenters. The van der Waals surface area contributed by atoms with Crippen LogP contribution >= 0.6 is 0 Å². The van der Waals surface area contributed by atoms with E-state index in [1.807, 2.05) is 17.1 Å². The Hall–Kier alpha value is -2.70. The summed E-state index contributed by atoms with van der Waals surface area (Å²) >= 11 is 0. The van der Waals surface area contributed by atoms with Gasteiger partial charge in [0.05, 0.1) is 25.9 Å². The number of nitrogens with one attached hydrogen (secondary N) is 2. The van der Waals surface area contributed by atoms with Crippen LogP contribution in [0.5, 0.6) is 5.75 Å². The molecule has 5 rings (SSSR count). The van der Waals surface area contributed by atoms with Gasteiger partial charge in [0.25, 0.3) is 5.91 Å². The van der Waals surface area contributed by atoms with Gasteiger partial charge in [-0.25, -0.2) is 5.01 Å². The number of hydrogen-bond acceptors (Lipinski definition) is 3. The number of carbonyl (C=O) groups excluding carboxylic acids is 1. The fourth-order valence-electron chi connectivity index (χ4n) is 5.31. The van der Waals surface area contributed by atoms with Crippen LogP contribution in [0.1, 0.15) is 29.2 Å². The van der Waals surface area contributed by atoms with Crippen LogP contribution in [0.2, 0.25) is 0 Å². The highest BCUT2D eigenvalue weighted by Crippen LogP contribution is 2.43. The number of hydrogen-bond donors (Lipinski definition) is 2. The van der Waals surface area contributed by atoms with Gasteiger partial charge in [0.1, 0.15) is 31.9 Å². The number of methoxy groups -OCH3 is 1. The largest absolute Gasteiger partial charge is 0.497 e. The molecule has 6 heteroatoms. The standard InChI is InChI=1S/C25H30N4O2/c1-27-13-15-28(16-14-27)17-23(30)29-25(19-7-10-20(31-2)11-8-19)22-12-9-18-5-3-4-6-21(18)24(22)26-29/h3-8,10-11,22,25H,9,12-17H2,1-2H3/p+2/t22-,25+/m1/s1. The molecule has 162 valence electrons.